The average molecular weight is 354 g/mol. The third-order valence-electron chi connectivity index (χ3n) is 6.09. The number of nitrogens with zero attached hydrogens (tertiary/aromatic N) is 1. The number of pyridine rings is 1. The summed E-state index contributed by atoms with van der Waals surface area (Å²) < 4.78 is 5.38. The fraction of sp³-hybridized carbons (Fsp3) is 0.526. The number of hydrogen-bond acceptors (Lipinski definition) is 5. The first kappa shape index (κ1) is 16.0. The summed E-state index contributed by atoms with van der Waals surface area (Å²) in [5.74, 6) is 0.526. The Morgan fingerprint density at radius 1 is 1.35 bits per heavy atom. The number of aromatic amines is 1. The van der Waals surface area contributed by atoms with E-state index in [1.54, 1.807) is 6.20 Å². The highest BCUT2D eigenvalue weighted by atomic mass is 16.5. The molecule has 1 atom stereocenters. The van der Waals surface area contributed by atoms with Crippen molar-refractivity contribution in [2.75, 3.05) is 31.6 Å². The zero-order chi connectivity index (χ0) is 17.7. The van der Waals surface area contributed by atoms with Crippen molar-refractivity contribution in [3.8, 4) is 0 Å². The molecule has 3 aliphatic rings. The van der Waals surface area contributed by atoms with Gasteiger partial charge in [0.15, 0.2) is 5.78 Å². The quantitative estimate of drug-likeness (QED) is 0.730. The van der Waals surface area contributed by atoms with Gasteiger partial charge < -0.3 is 20.4 Å². The van der Waals surface area contributed by atoms with Crippen molar-refractivity contribution in [2.24, 2.45) is 5.92 Å². The fourth-order valence-corrected chi connectivity index (χ4v) is 4.61. The number of ketones is 1. The summed E-state index contributed by atoms with van der Waals surface area (Å²) in [7, 11) is 0. The molecule has 0 saturated carbocycles. The first-order chi connectivity index (χ1) is 12.7. The van der Waals surface area contributed by atoms with E-state index in [2.05, 4.69) is 20.6 Å². The number of carbonyl (C=O) groups is 2. The minimum Gasteiger partial charge on any atom is -0.381 e. The molecular formula is C19H22N4O3. The van der Waals surface area contributed by atoms with Crippen LogP contribution in [0, 0.1) is 5.92 Å². The van der Waals surface area contributed by atoms with Crippen molar-refractivity contribution < 1.29 is 14.3 Å². The van der Waals surface area contributed by atoms with Gasteiger partial charge in [-0.2, -0.15) is 0 Å². The molecule has 2 fully saturated rings. The van der Waals surface area contributed by atoms with E-state index in [0.717, 1.165) is 55.7 Å². The average Bonchev–Trinajstić information content (AvgIpc) is 3.35. The molecular weight excluding hydrogens is 332 g/mol. The molecule has 1 amide bonds. The van der Waals surface area contributed by atoms with Gasteiger partial charge in [0.2, 0.25) is 5.91 Å². The van der Waals surface area contributed by atoms with E-state index in [0.29, 0.717) is 30.2 Å². The Morgan fingerprint density at radius 2 is 2.19 bits per heavy atom. The highest BCUT2D eigenvalue weighted by Gasteiger charge is 2.50. The number of carbonyl (C=O) groups excluding carboxylic acids is 2. The molecule has 7 nitrogen and oxygen atoms in total. The van der Waals surface area contributed by atoms with E-state index < -0.39 is 5.41 Å². The van der Waals surface area contributed by atoms with Crippen LogP contribution in [0.15, 0.2) is 12.3 Å². The van der Waals surface area contributed by atoms with Crippen LogP contribution in [0.4, 0.5) is 5.69 Å². The second-order valence-electron chi connectivity index (χ2n) is 7.64. The molecule has 5 heterocycles. The number of anilines is 1. The molecule has 0 aromatic carbocycles. The molecule has 2 saturated heterocycles. The van der Waals surface area contributed by atoms with Crippen LogP contribution in [0.25, 0.3) is 11.0 Å². The van der Waals surface area contributed by atoms with E-state index in [1.807, 2.05) is 6.07 Å². The predicted octanol–water partition coefficient (Wildman–Crippen LogP) is 1.75. The van der Waals surface area contributed by atoms with Gasteiger partial charge in [0.1, 0.15) is 5.65 Å². The first-order valence-electron chi connectivity index (χ1n) is 9.33. The summed E-state index contributed by atoms with van der Waals surface area (Å²) >= 11 is 0. The molecule has 0 aliphatic carbocycles. The summed E-state index contributed by atoms with van der Waals surface area (Å²) in [6, 6.07) is 1.89. The maximum atomic E-state index is 12.8. The van der Waals surface area contributed by atoms with Crippen LogP contribution in [0.3, 0.4) is 0 Å². The molecule has 2 aromatic heterocycles. The van der Waals surface area contributed by atoms with E-state index in [4.69, 9.17) is 4.74 Å². The number of amides is 1. The Kier molecular flexibility index (Phi) is 3.62. The summed E-state index contributed by atoms with van der Waals surface area (Å²) in [6.07, 6.45) is 4.87. The molecule has 26 heavy (non-hydrogen) atoms. The second kappa shape index (κ2) is 5.89. The molecule has 7 heteroatoms. The Hall–Kier alpha value is -2.25. The summed E-state index contributed by atoms with van der Waals surface area (Å²) in [4.78, 5) is 33.0. The van der Waals surface area contributed by atoms with E-state index in [9.17, 15) is 9.59 Å². The molecule has 3 aliphatic heterocycles. The van der Waals surface area contributed by atoms with Crippen molar-refractivity contribution in [3.63, 3.8) is 0 Å². The molecule has 5 rings (SSSR count). The van der Waals surface area contributed by atoms with E-state index in [1.165, 1.54) is 0 Å². The number of H-pyrrole nitrogens is 1. The molecule has 0 bridgehead atoms. The van der Waals surface area contributed by atoms with E-state index in [-0.39, 0.29) is 11.7 Å². The number of fused-ring (bicyclic) bond motifs is 4. The summed E-state index contributed by atoms with van der Waals surface area (Å²) in [6.45, 7) is 2.92. The number of hydrogen-bond donors (Lipinski definition) is 3. The Bertz CT molecular complexity index is 892. The maximum Gasteiger partial charge on any atom is 0.236 e. The number of rotatable bonds is 3. The Balaban J connectivity index is 1.52. The van der Waals surface area contributed by atoms with Gasteiger partial charge in [0.05, 0.1) is 23.0 Å². The monoisotopic (exact) mass is 354 g/mol. The lowest BCUT2D eigenvalue weighted by Crippen LogP contribution is -2.36. The smallest absolute Gasteiger partial charge is 0.236 e. The molecule has 1 unspecified atom stereocenters. The van der Waals surface area contributed by atoms with Crippen molar-refractivity contribution in [3.05, 3.63) is 23.5 Å². The highest BCUT2D eigenvalue weighted by molar-refractivity contribution is 6.12. The van der Waals surface area contributed by atoms with Gasteiger partial charge in [0.25, 0.3) is 0 Å². The largest absolute Gasteiger partial charge is 0.381 e. The van der Waals surface area contributed by atoms with Gasteiger partial charge in [-0.1, -0.05) is 0 Å². The van der Waals surface area contributed by atoms with Crippen LogP contribution in [-0.2, 0) is 14.9 Å². The third kappa shape index (κ3) is 2.30. The molecule has 0 radical (unpaired) electrons. The zero-order valence-corrected chi connectivity index (χ0v) is 14.6. The van der Waals surface area contributed by atoms with Crippen molar-refractivity contribution >= 4 is 28.4 Å². The molecule has 3 N–H and O–H groups in total. The number of ether oxygens (including phenoxy) is 1. The maximum absolute atomic E-state index is 12.8. The predicted molar refractivity (Wildman–Crippen MR) is 96.4 cm³/mol. The minimum atomic E-state index is -0.542. The van der Waals surface area contributed by atoms with Crippen molar-refractivity contribution in [1.29, 1.82) is 0 Å². The van der Waals surface area contributed by atoms with Crippen molar-refractivity contribution in [1.82, 2.24) is 15.3 Å². The zero-order valence-electron chi connectivity index (χ0n) is 14.6. The lowest BCUT2D eigenvalue weighted by atomic mass is 9.80. The summed E-state index contributed by atoms with van der Waals surface area (Å²) in [5, 5.41) is 7.17. The van der Waals surface area contributed by atoms with Gasteiger partial charge >= 0.3 is 0 Å². The fourth-order valence-electron chi connectivity index (χ4n) is 4.61. The van der Waals surface area contributed by atoms with E-state index >= 15 is 0 Å². The standard InChI is InChI=1S/C19H22N4O3/c24-15(7-11-1-5-26-6-2-11)13-8-12-16-14(9-21-17(12)22-13)23-18(25)19(16)3-4-20-10-19/h8-9,11,20H,1-7,10H2,(H,21,22)(H,23,25). The van der Waals surface area contributed by atoms with Crippen LogP contribution < -0.4 is 10.6 Å². The van der Waals surface area contributed by atoms with Crippen LogP contribution in [0.2, 0.25) is 0 Å². The van der Waals surface area contributed by atoms with Crippen LogP contribution >= 0.6 is 0 Å². The highest BCUT2D eigenvalue weighted by Crippen LogP contribution is 2.45. The van der Waals surface area contributed by atoms with Gasteiger partial charge in [-0.25, -0.2) is 4.98 Å². The van der Waals surface area contributed by atoms with Gasteiger partial charge in [0, 0.05) is 37.1 Å². The number of nitrogens with one attached hydrogen (secondary N) is 3. The van der Waals surface area contributed by atoms with Crippen LogP contribution in [0.5, 0.6) is 0 Å². The van der Waals surface area contributed by atoms with Crippen molar-refractivity contribution in [2.45, 2.75) is 31.1 Å². The van der Waals surface area contributed by atoms with Crippen LogP contribution in [0.1, 0.15) is 41.7 Å². The molecule has 1 spiro atoms. The lowest BCUT2D eigenvalue weighted by Gasteiger charge is -2.20. The number of Topliss-reactive ketones (excluding diaryl/α,β-unsaturated/α-hetero) is 1. The lowest BCUT2D eigenvalue weighted by molar-refractivity contribution is -0.120. The van der Waals surface area contributed by atoms with Gasteiger partial charge in [-0.05, 0) is 37.8 Å². The third-order valence-corrected chi connectivity index (χ3v) is 6.09. The number of aromatic nitrogens is 2. The summed E-state index contributed by atoms with van der Waals surface area (Å²) in [5.41, 5.74) is 2.49. The van der Waals surface area contributed by atoms with Gasteiger partial charge in [-0.15, -0.1) is 0 Å². The SMILES string of the molecule is O=C(CC1CCOCC1)c1cc2c3c(cnc2[nH]1)NC(=O)C31CCNC1. The van der Waals surface area contributed by atoms with Gasteiger partial charge in [-0.3, -0.25) is 9.59 Å². The first-order valence-corrected chi connectivity index (χ1v) is 9.33. The molecule has 136 valence electrons. The second-order valence-corrected chi connectivity index (χ2v) is 7.64. The Morgan fingerprint density at radius 3 is 2.96 bits per heavy atom. The molecule has 2 aromatic rings. The Labute approximate surface area is 150 Å². The minimum absolute atomic E-state index is 0.0306. The van der Waals surface area contributed by atoms with Crippen LogP contribution in [-0.4, -0.2) is 48.0 Å². The topological polar surface area (TPSA) is 96.1 Å². The normalized spacial score (nSPS) is 25.8.